The highest BCUT2D eigenvalue weighted by molar-refractivity contribution is 5.80. The molecule has 1 atom stereocenters. The smallest absolute Gasteiger partial charge is 0.408 e. The van der Waals surface area contributed by atoms with Crippen LogP contribution in [0.3, 0.4) is 0 Å². The third kappa shape index (κ3) is 8.44. The van der Waals surface area contributed by atoms with Gasteiger partial charge in [0, 0.05) is 6.54 Å². The number of nitrogens with one attached hydrogen (secondary N) is 2. The largest absolute Gasteiger partial charge is 0.480 e. The van der Waals surface area contributed by atoms with Crippen LogP contribution in [0.4, 0.5) is 4.79 Å². The summed E-state index contributed by atoms with van der Waals surface area (Å²) in [6.07, 6.45) is 0.876. The summed E-state index contributed by atoms with van der Waals surface area (Å²) in [4.78, 5) is 34.4. The third-order valence-electron chi connectivity index (χ3n) is 3.17. The summed E-state index contributed by atoms with van der Waals surface area (Å²) in [7, 11) is 0. The minimum atomic E-state index is -1.12. The number of amides is 2. The van der Waals surface area contributed by atoms with Gasteiger partial charge in [-0.05, 0) is 47.0 Å². The van der Waals surface area contributed by atoms with Gasteiger partial charge in [-0.25, -0.2) is 9.59 Å². The third-order valence-corrected chi connectivity index (χ3v) is 3.17. The topological polar surface area (TPSA) is 129 Å². The summed E-state index contributed by atoms with van der Waals surface area (Å²) in [5, 5.41) is 21.7. The molecule has 1 aliphatic rings. The van der Waals surface area contributed by atoms with Crippen molar-refractivity contribution in [1.29, 1.82) is 0 Å². The molecule has 9 nitrogen and oxygen atoms in total. The molecule has 0 fully saturated rings. The molecule has 0 saturated carbocycles. The van der Waals surface area contributed by atoms with E-state index in [0.717, 1.165) is 0 Å². The molecule has 24 heavy (non-hydrogen) atoms. The number of ether oxygens (including phenoxy) is 1. The van der Waals surface area contributed by atoms with Crippen LogP contribution in [0.15, 0.2) is 10.2 Å². The summed E-state index contributed by atoms with van der Waals surface area (Å²) < 4.78 is 5.04. The molecule has 1 rings (SSSR count). The van der Waals surface area contributed by atoms with E-state index in [1.807, 2.05) is 0 Å². The maximum absolute atomic E-state index is 11.6. The lowest BCUT2D eigenvalue weighted by Crippen LogP contribution is -2.43. The molecular weight excluding hydrogens is 316 g/mol. The molecular formula is C15H26N4O5. The fourth-order valence-electron chi connectivity index (χ4n) is 1.93. The average molecular weight is 342 g/mol. The molecule has 1 aliphatic heterocycles. The van der Waals surface area contributed by atoms with E-state index in [1.54, 1.807) is 27.7 Å². The van der Waals surface area contributed by atoms with Crippen LogP contribution in [0.2, 0.25) is 0 Å². The zero-order valence-electron chi connectivity index (χ0n) is 14.6. The highest BCUT2D eigenvalue weighted by Gasteiger charge is 2.36. The SMILES string of the molecule is CC1(CC(=O)NCCCCC(NC(=O)OC(C)(C)C)C(=O)O)N=N1. The van der Waals surface area contributed by atoms with Crippen molar-refractivity contribution >= 4 is 18.0 Å². The second kappa shape index (κ2) is 8.07. The minimum absolute atomic E-state index is 0.135. The Labute approximate surface area is 141 Å². The predicted octanol–water partition coefficient (Wildman–Crippen LogP) is 1.82. The predicted molar refractivity (Wildman–Crippen MR) is 85.5 cm³/mol. The van der Waals surface area contributed by atoms with Gasteiger partial charge in [0.05, 0.1) is 6.42 Å². The lowest BCUT2D eigenvalue weighted by molar-refractivity contribution is -0.139. The second-order valence-electron chi connectivity index (χ2n) is 6.98. The van der Waals surface area contributed by atoms with E-state index in [9.17, 15) is 14.4 Å². The monoisotopic (exact) mass is 342 g/mol. The van der Waals surface area contributed by atoms with Gasteiger partial charge < -0.3 is 20.5 Å². The molecule has 9 heteroatoms. The van der Waals surface area contributed by atoms with Gasteiger partial charge in [0.2, 0.25) is 5.91 Å². The van der Waals surface area contributed by atoms with Gasteiger partial charge in [-0.3, -0.25) is 4.79 Å². The van der Waals surface area contributed by atoms with Crippen LogP contribution in [0.5, 0.6) is 0 Å². The Kier molecular flexibility index (Phi) is 6.68. The van der Waals surface area contributed by atoms with Crippen LogP contribution in [0, 0.1) is 0 Å². The number of carboxylic acids is 1. The van der Waals surface area contributed by atoms with E-state index in [4.69, 9.17) is 9.84 Å². The van der Waals surface area contributed by atoms with E-state index in [-0.39, 0.29) is 18.7 Å². The van der Waals surface area contributed by atoms with Gasteiger partial charge in [-0.2, -0.15) is 10.2 Å². The summed E-state index contributed by atoms with van der Waals surface area (Å²) in [5.74, 6) is -1.25. The fourth-order valence-corrected chi connectivity index (χ4v) is 1.93. The Morgan fingerprint density at radius 2 is 1.83 bits per heavy atom. The van der Waals surface area contributed by atoms with E-state index >= 15 is 0 Å². The highest BCUT2D eigenvalue weighted by atomic mass is 16.6. The fraction of sp³-hybridized carbons (Fsp3) is 0.800. The number of hydrogen-bond donors (Lipinski definition) is 3. The normalized spacial score (nSPS) is 16.2. The molecule has 1 unspecified atom stereocenters. The van der Waals surface area contributed by atoms with Crippen molar-refractivity contribution in [3.8, 4) is 0 Å². The molecule has 0 aromatic heterocycles. The first-order chi connectivity index (χ1) is 11.0. The summed E-state index contributed by atoms with van der Waals surface area (Å²) in [5.41, 5.74) is -1.25. The first kappa shape index (κ1) is 19.9. The van der Waals surface area contributed by atoms with Crippen molar-refractivity contribution in [2.75, 3.05) is 6.54 Å². The number of rotatable bonds is 9. The van der Waals surface area contributed by atoms with Crippen molar-refractivity contribution < 1.29 is 24.2 Å². The van der Waals surface area contributed by atoms with Crippen LogP contribution in [-0.2, 0) is 14.3 Å². The molecule has 0 spiro atoms. The standard InChI is InChI=1S/C15H26N4O5/c1-14(2,3)24-13(23)17-10(12(21)22)7-5-6-8-16-11(20)9-15(4)18-19-15/h10H,5-9H2,1-4H3,(H,16,20)(H,17,23)(H,21,22). The molecule has 2 amide bonds. The van der Waals surface area contributed by atoms with Gasteiger partial charge in [-0.15, -0.1) is 0 Å². The maximum atomic E-state index is 11.6. The van der Waals surface area contributed by atoms with Crippen molar-refractivity contribution in [2.45, 2.75) is 70.7 Å². The minimum Gasteiger partial charge on any atom is -0.480 e. The number of carbonyl (C=O) groups excluding carboxylic acids is 2. The van der Waals surface area contributed by atoms with E-state index in [1.165, 1.54) is 0 Å². The highest BCUT2D eigenvalue weighted by Crippen LogP contribution is 2.30. The molecule has 0 saturated heterocycles. The maximum Gasteiger partial charge on any atom is 0.408 e. The Morgan fingerprint density at radius 3 is 2.33 bits per heavy atom. The summed E-state index contributed by atoms with van der Waals surface area (Å²) in [6, 6.07) is -1.02. The van der Waals surface area contributed by atoms with Gasteiger partial charge in [0.1, 0.15) is 11.6 Å². The molecule has 1 heterocycles. The van der Waals surface area contributed by atoms with Crippen molar-refractivity contribution in [3.63, 3.8) is 0 Å². The molecule has 0 aliphatic carbocycles. The van der Waals surface area contributed by atoms with Crippen LogP contribution in [0.1, 0.15) is 53.4 Å². The Balaban J connectivity index is 2.20. The molecule has 3 N–H and O–H groups in total. The molecule has 0 bridgehead atoms. The van der Waals surface area contributed by atoms with Crippen molar-refractivity contribution in [2.24, 2.45) is 10.2 Å². The van der Waals surface area contributed by atoms with Crippen molar-refractivity contribution in [3.05, 3.63) is 0 Å². The van der Waals surface area contributed by atoms with Crippen molar-refractivity contribution in [1.82, 2.24) is 10.6 Å². The number of nitrogens with zero attached hydrogens (tertiary/aromatic N) is 2. The average Bonchev–Trinajstić information content (AvgIpc) is 3.11. The summed E-state index contributed by atoms with van der Waals surface area (Å²) in [6.45, 7) is 7.31. The number of hydrogen-bond acceptors (Lipinski definition) is 6. The Bertz CT molecular complexity index is 506. The summed E-state index contributed by atoms with van der Waals surface area (Å²) >= 11 is 0. The van der Waals surface area contributed by atoms with E-state index in [0.29, 0.717) is 19.4 Å². The first-order valence-corrected chi connectivity index (χ1v) is 7.94. The lowest BCUT2D eigenvalue weighted by atomic mass is 10.1. The van der Waals surface area contributed by atoms with Gasteiger partial charge >= 0.3 is 12.1 Å². The van der Waals surface area contributed by atoms with Crippen LogP contribution < -0.4 is 10.6 Å². The number of unbranched alkanes of at least 4 members (excludes halogenated alkanes) is 1. The molecule has 136 valence electrons. The van der Waals surface area contributed by atoms with Gasteiger partial charge in [0.25, 0.3) is 0 Å². The molecule has 0 radical (unpaired) electrons. The number of carbonyl (C=O) groups is 3. The lowest BCUT2D eigenvalue weighted by Gasteiger charge is -2.22. The van der Waals surface area contributed by atoms with Gasteiger partial charge in [0.15, 0.2) is 5.66 Å². The second-order valence-corrected chi connectivity index (χ2v) is 6.98. The molecule has 0 aromatic rings. The van der Waals surface area contributed by atoms with Crippen LogP contribution >= 0.6 is 0 Å². The van der Waals surface area contributed by atoms with E-state index < -0.39 is 29.4 Å². The first-order valence-electron chi connectivity index (χ1n) is 7.94. The zero-order valence-corrected chi connectivity index (χ0v) is 14.6. The zero-order chi connectivity index (χ0) is 18.4. The van der Waals surface area contributed by atoms with Crippen LogP contribution in [-0.4, -0.2) is 46.9 Å². The Hall–Kier alpha value is -2.19. The number of carboxylic acid groups (broad SMARTS) is 1. The quantitative estimate of drug-likeness (QED) is 0.550. The van der Waals surface area contributed by atoms with Crippen LogP contribution in [0.25, 0.3) is 0 Å². The Morgan fingerprint density at radius 1 is 1.21 bits per heavy atom. The van der Waals surface area contributed by atoms with Gasteiger partial charge in [-0.1, -0.05) is 0 Å². The molecule has 0 aromatic carbocycles. The number of alkyl carbamates (subject to hydrolysis) is 1. The number of aliphatic carboxylic acids is 1. The van der Waals surface area contributed by atoms with E-state index in [2.05, 4.69) is 20.9 Å².